The van der Waals surface area contributed by atoms with Crippen molar-refractivity contribution in [2.75, 3.05) is 19.0 Å². The minimum atomic E-state index is -0.419. The van der Waals surface area contributed by atoms with E-state index in [1.54, 1.807) is 49.7 Å². The number of para-hydroxylation sites is 2. The molecule has 2 heterocycles. The van der Waals surface area contributed by atoms with E-state index in [4.69, 9.17) is 9.47 Å². The van der Waals surface area contributed by atoms with E-state index in [2.05, 4.69) is 10.3 Å². The fourth-order valence-corrected chi connectivity index (χ4v) is 3.50. The van der Waals surface area contributed by atoms with Gasteiger partial charge in [0, 0.05) is 6.20 Å². The van der Waals surface area contributed by atoms with Crippen LogP contribution >= 0.6 is 0 Å². The van der Waals surface area contributed by atoms with Crippen molar-refractivity contribution in [2.24, 2.45) is 0 Å². The zero-order valence-electron chi connectivity index (χ0n) is 17.9. The molecule has 1 aromatic heterocycles. The highest BCUT2D eigenvalue weighted by atomic mass is 16.5. The van der Waals surface area contributed by atoms with Crippen LogP contribution in [0.25, 0.3) is 5.57 Å². The maximum absolute atomic E-state index is 13.4. The lowest BCUT2D eigenvalue weighted by Crippen LogP contribution is -2.32. The molecule has 32 heavy (non-hydrogen) atoms. The molecule has 0 bridgehead atoms. The van der Waals surface area contributed by atoms with E-state index in [0.29, 0.717) is 40.6 Å². The SMILES string of the molecule is CCOc1ccccc1NC1=C(c2ccc(OC)cc2)C(=O)N(Cc2ccccn2)C1=O. The van der Waals surface area contributed by atoms with Gasteiger partial charge in [-0.2, -0.15) is 0 Å². The molecule has 0 saturated heterocycles. The first-order valence-electron chi connectivity index (χ1n) is 10.3. The largest absolute Gasteiger partial charge is 0.497 e. The third kappa shape index (κ3) is 4.18. The van der Waals surface area contributed by atoms with Crippen LogP contribution in [0.3, 0.4) is 0 Å². The van der Waals surface area contributed by atoms with E-state index < -0.39 is 5.91 Å². The van der Waals surface area contributed by atoms with Gasteiger partial charge in [-0.1, -0.05) is 30.3 Å². The highest BCUT2D eigenvalue weighted by molar-refractivity contribution is 6.36. The molecule has 1 N–H and O–H groups in total. The summed E-state index contributed by atoms with van der Waals surface area (Å²) in [6, 6.07) is 19.7. The van der Waals surface area contributed by atoms with Crippen LogP contribution in [0, 0.1) is 0 Å². The van der Waals surface area contributed by atoms with Gasteiger partial charge in [-0.3, -0.25) is 19.5 Å². The Morgan fingerprint density at radius 2 is 1.69 bits per heavy atom. The molecule has 0 saturated carbocycles. The molecule has 7 heteroatoms. The number of aromatic nitrogens is 1. The first-order valence-corrected chi connectivity index (χ1v) is 10.3. The van der Waals surface area contributed by atoms with Gasteiger partial charge in [0.1, 0.15) is 17.2 Å². The third-order valence-corrected chi connectivity index (χ3v) is 5.04. The third-order valence-electron chi connectivity index (χ3n) is 5.04. The molecular weight excluding hydrogens is 406 g/mol. The molecule has 7 nitrogen and oxygen atoms in total. The summed E-state index contributed by atoms with van der Waals surface area (Å²) in [5.41, 5.74) is 2.34. The molecule has 0 fully saturated rings. The van der Waals surface area contributed by atoms with Gasteiger partial charge < -0.3 is 14.8 Å². The molecule has 2 amide bonds. The predicted octanol–water partition coefficient (Wildman–Crippen LogP) is 3.88. The van der Waals surface area contributed by atoms with Gasteiger partial charge in [0.25, 0.3) is 11.8 Å². The Labute approximate surface area is 186 Å². The number of pyridine rings is 1. The number of anilines is 1. The molecule has 0 unspecified atom stereocenters. The number of carbonyl (C=O) groups is 2. The van der Waals surface area contributed by atoms with Crippen LogP contribution in [-0.2, 0) is 16.1 Å². The van der Waals surface area contributed by atoms with E-state index in [1.165, 1.54) is 4.90 Å². The van der Waals surface area contributed by atoms with Gasteiger partial charge in [-0.05, 0) is 48.9 Å². The van der Waals surface area contributed by atoms with Gasteiger partial charge in [0.05, 0.1) is 37.2 Å². The topological polar surface area (TPSA) is 80.8 Å². The molecule has 1 aliphatic heterocycles. The average molecular weight is 429 g/mol. The lowest BCUT2D eigenvalue weighted by atomic mass is 10.0. The number of hydrogen-bond donors (Lipinski definition) is 1. The van der Waals surface area contributed by atoms with Crippen LogP contribution in [0.4, 0.5) is 5.69 Å². The number of methoxy groups -OCH3 is 1. The van der Waals surface area contributed by atoms with Crippen LogP contribution in [0.15, 0.2) is 78.6 Å². The summed E-state index contributed by atoms with van der Waals surface area (Å²) in [6.07, 6.45) is 1.63. The molecule has 0 spiro atoms. The summed E-state index contributed by atoms with van der Waals surface area (Å²) >= 11 is 0. The lowest BCUT2D eigenvalue weighted by Gasteiger charge is -2.15. The van der Waals surface area contributed by atoms with Crippen LogP contribution in [-0.4, -0.2) is 35.4 Å². The van der Waals surface area contributed by atoms with E-state index in [9.17, 15) is 9.59 Å². The lowest BCUT2D eigenvalue weighted by molar-refractivity contribution is -0.137. The quantitative estimate of drug-likeness (QED) is 0.548. The van der Waals surface area contributed by atoms with Crippen LogP contribution in [0.5, 0.6) is 11.5 Å². The monoisotopic (exact) mass is 429 g/mol. The molecule has 4 rings (SSSR count). The number of rotatable bonds is 8. The number of benzene rings is 2. The summed E-state index contributed by atoms with van der Waals surface area (Å²) in [6.45, 7) is 2.44. The van der Waals surface area contributed by atoms with Gasteiger partial charge in [-0.15, -0.1) is 0 Å². The van der Waals surface area contributed by atoms with E-state index in [-0.39, 0.29) is 18.1 Å². The highest BCUT2D eigenvalue weighted by Crippen LogP contribution is 2.34. The number of ether oxygens (including phenoxy) is 2. The standard InChI is InChI=1S/C25H23N3O4/c1-3-32-21-10-5-4-9-20(21)27-23-22(17-11-13-19(31-2)14-12-17)24(29)28(25(23)30)16-18-8-6-7-15-26-18/h4-15,27H,3,16H2,1-2H3. The molecule has 162 valence electrons. The minimum Gasteiger partial charge on any atom is -0.497 e. The van der Waals surface area contributed by atoms with Gasteiger partial charge in [0.15, 0.2) is 0 Å². The molecule has 3 aromatic rings. The molecule has 1 aliphatic rings. The van der Waals surface area contributed by atoms with Crippen molar-refractivity contribution in [1.29, 1.82) is 0 Å². The van der Waals surface area contributed by atoms with Crippen molar-refractivity contribution in [2.45, 2.75) is 13.5 Å². The first kappa shape index (κ1) is 21.1. The number of hydrogen-bond acceptors (Lipinski definition) is 6. The van der Waals surface area contributed by atoms with Crippen molar-refractivity contribution in [1.82, 2.24) is 9.88 Å². The highest BCUT2D eigenvalue weighted by Gasteiger charge is 2.39. The zero-order chi connectivity index (χ0) is 22.5. The molecule has 2 aromatic carbocycles. The van der Waals surface area contributed by atoms with Crippen molar-refractivity contribution < 1.29 is 19.1 Å². The molecule has 0 radical (unpaired) electrons. The van der Waals surface area contributed by atoms with Gasteiger partial charge in [0.2, 0.25) is 0 Å². The Hall–Kier alpha value is -4.13. The van der Waals surface area contributed by atoms with E-state index >= 15 is 0 Å². The summed E-state index contributed by atoms with van der Waals surface area (Å²) in [5.74, 6) is 0.452. The smallest absolute Gasteiger partial charge is 0.278 e. The summed E-state index contributed by atoms with van der Waals surface area (Å²) in [7, 11) is 1.57. The minimum absolute atomic E-state index is 0.0798. The van der Waals surface area contributed by atoms with Crippen molar-refractivity contribution >= 4 is 23.1 Å². The Kier molecular flexibility index (Phi) is 6.17. The number of imide groups is 1. The summed E-state index contributed by atoms with van der Waals surface area (Å²) in [5, 5.41) is 3.16. The molecule has 0 atom stereocenters. The predicted molar refractivity (Wildman–Crippen MR) is 121 cm³/mol. The number of carbonyl (C=O) groups excluding carboxylic acids is 2. The van der Waals surface area contributed by atoms with E-state index in [1.807, 2.05) is 37.3 Å². The van der Waals surface area contributed by atoms with E-state index in [0.717, 1.165) is 0 Å². The fraction of sp³-hybridized carbons (Fsp3) is 0.160. The van der Waals surface area contributed by atoms with Crippen molar-refractivity contribution in [3.63, 3.8) is 0 Å². The number of nitrogens with zero attached hydrogens (tertiary/aromatic N) is 2. The normalized spacial score (nSPS) is 13.5. The second-order valence-corrected chi connectivity index (χ2v) is 7.05. The second-order valence-electron chi connectivity index (χ2n) is 7.05. The second kappa shape index (κ2) is 9.34. The maximum atomic E-state index is 13.4. The Balaban J connectivity index is 1.75. The molecular formula is C25H23N3O4. The van der Waals surface area contributed by atoms with Crippen LogP contribution in [0.1, 0.15) is 18.2 Å². The fourth-order valence-electron chi connectivity index (χ4n) is 3.50. The average Bonchev–Trinajstić information content (AvgIpc) is 3.05. The number of amides is 2. The van der Waals surface area contributed by atoms with Crippen LogP contribution in [0.2, 0.25) is 0 Å². The maximum Gasteiger partial charge on any atom is 0.278 e. The molecule has 0 aliphatic carbocycles. The zero-order valence-corrected chi connectivity index (χ0v) is 17.9. The van der Waals surface area contributed by atoms with Gasteiger partial charge >= 0.3 is 0 Å². The summed E-state index contributed by atoms with van der Waals surface area (Å²) in [4.78, 5) is 32.3. The first-order chi connectivity index (χ1) is 15.6. The van der Waals surface area contributed by atoms with Crippen molar-refractivity contribution in [3.05, 3.63) is 89.9 Å². The van der Waals surface area contributed by atoms with Crippen molar-refractivity contribution in [3.8, 4) is 11.5 Å². The van der Waals surface area contributed by atoms with Gasteiger partial charge in [-0.25, -0.2) is 0 Å². The summed E-state index contributed by atoms with van der Waals surface area (Å²) < 4.78 is 10.9. The van der Waals surface area contributed by atoms with Crippen LogP contribution < -0.4 is 14.8 Å². The number of nitrogens with one attached hydrogen (secondary N) is 1. The Bertz CT molecular complexity index is 1160. The Morgan fingerprint density at radius 3 is 2.38 bits per heavy atom. The Morgan fingerprint density at radius 1 is 0.938 bits per heavy atom.